The van der Waals surface area contributed by atoms with Gasteiger partial charge in [-0.15, -0.1) is 11.6 Å². The fourth-order valence-corrected chi connectivity index (χ4v) is 1.55. The van der Waals surface area contributed by atoms with Crippen molar-refractivity contribution in [1.82, 2.24) is 0 Å². The lowest BCUT2D eigenvalue weighted by atomic mass is 10.1. The van der Waals surface area contributed by atoms with Crippen molar-refractivity contribution in [3.8, 4) is 0 Å². The first-order chi connectivity index (χ1) is 6.17. The highest BCUT2D eigenvalue weighted by atomic mass is 79.9. The standard InChI is InChI=1S/C10H12BrClO/c1-10(11,13-8-7-12)9-5-3-2-4-6-9/h2-6H,7-8H2,1H3. The summed E-state index contributed by atoms with van der Waals surface area (Å²) in [5.74, 6) is 0.508. The molecule has 0 N–H and O–H groups in total. The summed E-state index contributed by atoms with van der Waals surface area (Å²) in [5, 5.41) is 0. The van der Waals surface area contributed by atoms with Crippen LogP contribution in [0.2, 0.25) is 0 Å². The second-order valence-electron chi connectivity index (χ2n) is 2.82. The molecular weight excluding hydrogens is 251 g/mol. The van der Waals surface area contributed by atoms with E-state index in [0.717, 1.165) is 5.56 Å². The summed E-state index contributed by atoms with van der Waals surface area (Å²) >= 11 is 9.06. The van der Waals surface area contributed by atoms with Crippen molar-refractivity contribution < 1.29 is 4.74 Å². The van der Waals surface area contributed by atoms with E-state index in [4.69, 9.17) is 16.3 Å². The summed E-state index contributed by atoms with van der Waals surface area (Å²) in [7, 11) is 0. The first kappa shape index (κ1) is 11.0. The molecule has 0 aliphatic carbocycles. The highest BCUT2D eigenvalue weighted by Gasteiger charge is 2.22. The van der Waals surface area contributed by atoms with Crippen molar-refractivity contribution in [2.75, 3.05) is 12.5 Å². The molecule has 0 saturated carbocycles. The zero-order valence-electron chi connectivity index (χ0n) is 7.47. The number of ether oxygens (including phenoxy) is 1. The zero-order chi connectivity index (χ0) is 9.73. The lowest BCUT2D eigenvalue weighted by Crippen LogP contribution is -2.18. The highest BCUT2D eigenvalue weighted by Crippen LogP contribution is 2.31. The molecule has 1 nitrogen and oxygen atoms in total. The molecule has 1 rings (SSSR count). The Kier molecular flexibility index (Phi) is 4.23. The van der Waals surface area contributed by atoms with E-state index in [9.17, 15) is 0 Å². The maximum absolute atomic E-state index is 5.55. The van der Waals surface area contributed by atoms with Crippen LogP contribution in [0.25, 0.3) is 0 Å². The van der Waals surface area contributed by atoms with Gasteiger partial charge in [0.2, 0.25) is 0 Å². The van der Waals surface area contributed by atoms with Crippen LogP contribution < -0.4 is 0 Å². The molecular formula is C10H12BrClO. The minimum absolute atomic E-state index is 0.427. The quantitative estimate of drug-likeness (QED) is 0.756. The van der Waals surface area contributed by atoms with E-state index in [1.54, 1.807) is 0 Å². The first-order valence-electron chi connectivity index (χ1n) is 4.11. The van der Waals surface area contributed by atoms with Gasteiger partial charge in [0, 0.05) is 5.88 Å². The first-order valence-corrected chi connectivity index (χ1v) is 5.44. The minimum Gasteiger partial charge on any atom is -0.358 e. The smallest absolute Gasteiger partial charge is 0.145 e. The van der Waals surface area contributed by atoms with Crippen LogP contribution in [-0.4, -0.2) is 12.5 Å². The van der Waals surface area contributed by atoms with Crippen LogP contribution in [0.3, 0.4) is 0 Å². The van der Waals surface area contributed by atoms with E-state index in [1.807, 2.05) is 37.3 Å². The van der Waals surface area contributed by atoms with Crippen LogP contribution >= 0.6 is 27.5 Å². The van der Waals surface area contributed by atoms with Crippen molar-refractivity contribution in [2.24, 2.45) is 0 Å². The maximum Gasteiger partial charge on any atom is 0.145 e. The molecule has 1 aromatic carbocycles. The predicted molar refractivity (Wildman–Crippen MR) is 59.4 cm³/mol. The Morgan fingerprint density at radius 2 is 2.00 bits per heavy atom. The third-order valence-corrected chi connectivity index (χ3v) is 2.58. The fraction of sp³-hybridized carbons (Fsp3) is 0.400. The van der Waals surface area contributed by atoms with E-state index in [1.165, 1.54) is 0 Å². The molecule has 1 aromatic rings. The normalized spacial score (nSPS) is 15.3. The number of hydrogen-bond acceptors (Lipinski definition) is 1. The van der Waals surface area contributed by atoms with Gasteiger partial charge in [0.05, 0.1) is 6.61 Å². The summed E-state index contributed by atoms with van der Waals surface area (Å²) in [6, 6.07) is 9.98. The van der Waals surface area contributed by atoms with Crippen molar-refractivity contribution in [1.29, 1.82) is 0 Å². The fourth-order valence-electron chi connectivity index (χ4n) is 1.05. The number of hydrogen-bond donors (Lipinski definition) is 0. The van der Waals surface area contributed by atoms with Crippen LogP contribution in [0, 0.1) is 0 Å². The van der Waals surface area contributed by atoms with Gasteiger partial charge in [0.1, 0.15) is 4.51 Å². The lowest BCUT2D eigenvalue weighted by Gasteiger charge is -2.23. The Morgan fingerprint density at radius 1 is 1.38 bits per heavy atom. The molecule has 0 aromatic heterocycles. The van der Waals surface area contributed by atoms with Crippen molar-refractivity contribution in [2.45, 2.75) is 11.4 Å². The summed E-state index contributed by atoms with van der Waals surface area (Å²) in [6.07, 6.45) is 0. The van der Waals surface area contributed by atoms with Crippen LogP contribution in [0.1, 0.15) is 12.5 Å². The molecule has 0 heterocycles. The molecule has 0 bridgehead atoms. The van der Waals surface area contributed by atoms with Crippen LogP contribution in [0.4, 0.5) is 0 Å². The monoisotopic (exact) mass is 262 g/mol. The van der Waals surface area contributed by atoms with Gasteiger partial charge in [-0.2, -0.15) is 0 Å². The minimum atomic E-state index is -0.427. The molecule has 1 unspecified atom stereocenters. The van der Waals surface area contributed by atoms with Crippen molar-refractivity contribution in [3.05, 3.63) is 35.9 Å². The van der Waals surface area contributed by atoms with Gasteiger partial charge in [-0.3, -0.25) is 0 Å². The third kappa shape index (κ3) is 3.29. The van der Waals surface area contributed by atoms with Gasteiger partial charge in [-0.05, 0) is 28.4 Å². The Hall–Kier alpha value is -0.0500. The van der Waals surface area contributed by atoms with E-state index in [0.29, 0.717) is 12.5 Å². The lowest BCUT2D eigenvalue weighted by molar-refractivity contribution is 0.0537. The maximum atomic E-state index is 5.55. The zero-order valence-corrected chi connectivity index (χ0v) is 9.81. The average molecular weight is 264 g/mol. The molecule has 0 spiro atoms. The van der Waals surface area contributed by atoms with Gasteiger partial charge in [-0.1, -0.05) is 30.3 Å². The summed E-state index contributed by atoms with van der Waals surface area (Å²) in [4.78, 5) is 0. The van der Waals surface area contributed by atoms with Gasteiger partial charge in [-0.25, -0.2) is 0 Å². The van der Waals surface area contributed by atoms with Gasteiger partial charge in [0.25, 0.3) is 0 Å². The largest absolute Gasteiger partial charge is 0.358 e. The SMILES string of the molecule is CC(Br)(OCCCl)c1ccccc1. The van der Waals surface area contributed by atoms with Crippen LogP contribution in [0.5, 0.6) is 0 Å². The Labute approximate surface area is 92.2 Å². The van der Waals surface area contributed by atoms with E-state index >= 15 is 0 Å². The molecule has 0 amide bonds. The third-order valence-electron chi connectivity index (χ3n) is 1.74. The molecule has 0 aliphatic rings. The Bertz CT molecular complexity index is 248. The molecule has 0 fully saturated rings. The summed E-state index contributed by atoms with van der Waals surface area (Å²) in [6.45, 7) is 2.51. The predicted octanol–water partition coefficient (Wildman–Crippen LogP) is 3.51. The number of halogens is 2. The van der Waals surface area contributed by atoms with Gasteiger partial charge in [0.15, 0.2) is 0 Å². The molecule has 3 heteroatoms. The van der Waals surface area contributed by atoms with Crippen LogP contribution in [-0.2, 0) is 9.25 Å². The number of alkyl halides is 2. The second-order valence-corrected chi connectivity index (χ2v) is 4.71. The molecule has 0 radical (unpaired) electrons. The summed E-state index contributed by atoms with van der Waals surface area (Å²) in [5.41, 5.74) is 1.10. The Morgan fingerprint density at radius 3 is 2.54 bits per heavy atom. The van der Waals surface area contributed by atoms with Crippen LogP contribution in [0.15, 0.2) is 30.3 Å². The molecule has 1 atom stereocenters. The second kappa shape index (κ2) is 4.99. The molecule has 13 heavy (non-hydrogen) atoms. The highest BCUT2D eigenvalue weighted by molar-refractivity contribution is 9.09. The van der Waals surface area contributed by atoms with E-state index < -0.39 is 4.51 Å². The van der Waals surface area contributed by atoms with Crippen molar-refractivity contribution >= 4 is 27.5 Å². The average Bonchev–Trinajstić information content (AvgIpc) is 2.16. The summed E-state index contributed by atoms with van der Waals surface area (Å²) < 4.78 is 5.12. The van der Waals surface area contributed by atoms with E-state index in [2.05, 4.69) is 15.9 Å². The van der Waals surface area contributed by atoms with Crippen molar-refractivity contribution in [3.63, 3.8) is 0 Å². The molecule has 0 aliphatic heterocycles. The topological polar surface area (TPSA) is 9.23 Å². The number of rotatable bonds is 4. The Balaban J connectivity index is 2.69. The molecule has 0 saturated heterocycles. The van der Waals surface area contributed by atoms with E-state index in [-0.39, 0.29) is 0 Å². The number of benzene rings is 1. The van der Waals surface area contributed by atoms with Gasteiger partial charge >= 0.3 is 0 Å². The molecule has 72 valence electrons. The van der Waals surface area contributed by atoms with Gasteiger partial charge < -0.3 is 4.74 Å².